The zero-order valence-corrected chi connectivity index (χ0v) is 8.88. The van der Waals surface area contributed by atoms with E-state index in [9.17, 15) is 0 Å². The molecule has 0 aliphatic carbocycles. The predicted octanol–water partition coefficient (Wildman–Crippen LogP) is 2.96. The molecule has 0 N–H and O–H groups in total. The van der Waals surface area contributed by atoms with Crippen LogP contribution < -0.4 is 0 Å². The SMILES string of the molecule is CC1(C)CN=C(C(C)(C)C)S1. The number of hydrogen-bond donors (Lipinski definition) is 0. The third-order valence-corrected chi connectivity index (χ3v) is 3.23. The Morgan fingerprint density at radius 3 is 2.09 bits per heavy atom. The van der Waals surface area contributed by atoms with Crippen LogP contribution in [0.1, 0.15) is 34.6 Å². The van der Waals surface area contributed by atoms with E-state index >= 15 is 0 Å². The topological polar surface area (TPSA) is 12.4 Å². The van der Waals surface area contributed by atoms with E-state index in [0.29, 0.717) is 4.75 Å². The maximum Gasteiger partial charge on any atom is 0.0735 e. The Hall–Kier alpha value is 0.0200. The molecule has 11 heavy (non-hydrogen) atoms. The summed E-state index contributed by atoms with van der Waals surface area (Å²) < 4.78 is 0.336. The van der Waals surface area contributed by atoms with Crippen molar-refractivity contribution in [2.24, 2.45) is 10.4 Å². The molecule has 0 spiro atoms. The molecule has 0 atom stereocenters. The van der Waals surface area contributed by atoms with Crippen LogP contribution in [0.15, 0.2) is 4.99 Å². The highest BCUT2D eigenvalue weighted by atomic mass is 32.2. The van der Waals surface area contributed by atoms with Gasteiger partial charge in [-0.2, -0.15) is 0 Å². The van der Waals surface area contributed by atoms with E-state index in [1.807, 2.05) is 11.8 Å². The summed E-state index contributed by atoms with van der Waals surface area (Å²) >= 11 is 1.92. The Kier molecular flexibility index (Phi) is 2.08. The van der Waals surface area contributed by atoms with E-state index in [1.54, 1.807) is 0 Å². The zero-order valence-electron chi connectivity index (χ0n) is 8.06. The van der Waals surface area contributed by atoms with Gasteiger partial charge in [-0.25, -0.2) is 0 Å². The van der Waals surface area contributed by atoms with E-state index in [4.69, 9.17) is 0 Å². The van der Waals surface area contributed by atoms with E-state index in [0.717, 1.165) is 6.54 Å². The third-order valence-electron chi connectivity index (χ3n) is 1.62. The lowest BCUT2D eigenvalue weighted by molar-refractivity contribution is 0.600. The fraction of sp³-hybridized carbons (Fsp3) is 0.889. The average molecular weight is 171 g/mol. The monoisotopic (exact) mass is 171 g/mol. The molecule has 1 aliphatic rings. The fourth-order valence-corrected chi connectivity index (χ4v) is 2.07. The minimum Gasteiger partial charge on any atom is -0.281 e. The Morgan fingerprint density at radius 2 is 1.91 bits per heavy atom. The summed E-state index contributed by atoms with van der Waals surface area (Å²) in [6.45, 7) is 12.1. The quantitative estimate of drug-likeness (QED) is 0.546. The van der Waals surface area contributed by atoms with Crippen molar-refractivity contribution in [3.05, 3.63) is 0 Å². The standard InChI is InChI=1S/C9H17NS/c1-8(2,3)7-10-6-9(4,5)11-7/h6H2,1-5H3. The van der Waals surface area contributed by atoms with E-state index in [-0.39, 0.29) is 5.41 Å². The van der Waals surface area contributed by atoms with Crippen LogP contribution in [0.4, 0.5) is 0 Å². The summed E-state index contributed by atoms with van der Waals surface area (Å²) in [6, 6.07) is 0. The number of rotatable bonds is 0. The maximum atomic E-state index is 4.54. The molecule has 0 aromatic carbocycles. The van der Waals surface area contributed by atoms with Crippen LogP contribution in [0.25, 0.3) is 0 Å². The summed E-state index contributed by atoms with van der Waals surface area (Å²) in [7, 11) is 0. The largest absolute Gasteiger partial charge is 0.281 e. The highest BCUT2D eigenvalue weighted by Crippen LogP contribution is 2.38. The van der Waals surface area contributed by atoms with Crippen molar-refractivity contribution in [2.45, 2.75) is 39.4 Å². The normalized spacial score (nSPS) is 23.5. The first kappa shape index (κ1) is 9.11. The third kappa shape index (κ3) is 2.22. The van der Waals surface area contributed by atoms with E-state index < -0.39 is 0 Å². The van der Waals surface area contributed by atoms with Gasteiger partial charge in [-0.15, -0.1) is 11.8 Å². The van der Waals surface area contributed by atoms with Crippen LogP contribution >= 0.6 is 11.8 Å². The molecule has 1 heterocycles. The number of thioether (sulfide) groups is 1. The fourth-order valence-electron chi connectivity index (χ4n) is 0.979. The molecule has 64 valence electrons. The molecule has 1 aliphatic heterocycles. The van der Waals surface area contributed by atoms with Crippen LogP contribution in [0.3, 0.4) is 0 Å². The van der Waals surface area contributed by atoms with Gasteiger partial charge in [0.1, 0.15) is 0 Å². The number of nitrogens with zero attached hydrogens (tertiary/aromatic N) is 1. The van der Waals surface area contributed by atoms with Crippen LogP contribution in [-0.4, -0.2) is 16.3 Å². The van der Waals surface area contributed by atoms with Crippen LogP contribution in [0.5, 0.6) is 0 Å². The molecule has 0 aromatic heterocycles. The molecular formula is C9H17NS. The molecule has 0 bridgehead atoms. The molecule has 0 radical (unpaired) electrons. The van der Waals surface area contributed by atoms with Gasteiger partial charge in [-0.05, 0) is 13.8 Å². The van der Waals surface area contributed by atoms with Gasteiger partial charge in [0.2, 0.25) is 0 Å². The van der Waals surface area contributed by atoms with Crippen molar-refractivity contribution in [3.8, 4) is 0 Å². The first-order chi connectivity index (χ1) is 4.81. The second kappa shape index (κ2) is 2.51. The summed E-state index contributed by atoms with van der Waals surface area (Å²) in [5, 5.41) is 1.31. The predicted molar refractivity (Wildman–Crippen MR) is 53.4 cm³/mol. The highest BCUT2D eigenvalue weighted by Gasteiger charge is 2.32. The Labute approximate surface area is 73.7 Å². The van der Waals surface area contributed by atoms with Crippen molar-refractivity contribution < 1.29 is 0 Å². The maximum absolute atomic E-state index is 4.54. The van der Waals surface area contributed by atoms with Crippen LogP contribution in [0.2, 0.25) is 0 Å². The zero-order chi connectivity index (χ0) is 8.70. The lowest BCUT2D eigenvalue weighted by Crippen LogP contribution is -2.19. The number of aliphatic imine (C=N–C) groups is 1. The Balaban J connectivity index is 2.68. The molecule has 0 aromatic rings. The van der Waals surface area contributed by atoms with Crippen LogP contribution in [0, 0.1) is 5.41 Å². The minimum atomic E-state index is 0.248. The first-order valence-corrected chi connectivity index (χ1v) is 4.87. The van der Waals surface area contributed by atoms with Gasteiger partial charge >= 0.3 is 0 Å². The summed E-state index contributed by atoms with van der Waals surface area (Å²) in [5.41, 5.74) is 0.248. The molecule has 1 rings (SSSR count). The smallest absolute Gasteiger partial charge is 0.0735 e. The molecule has 0 fully saturated rings. The second-order valence-corrected chi connectivity index (χ2v) is 6.43. The highest BCUT2D eigenvalue weighted by molar-refractivity contribution is 8.15. The average Bonchev–Trinajstić information content (AvgIpc) is 2.07. The van der Waals surface area contributed by atoms with Gasteiger partial charge in [0.25, 0.3) is 0 Å². The van der Waals surface area contributed by atoms with Crippen molar-refractivity contribution in [1.82, 2.24) is 0 Å². The summed E-state index contributed by atoms with van der Waals surface area (Å²) in [4.78, 5) is 4.54. The van der Waals surface area contributed by atoms with Gasteiger partial charge in [0.15, 0.2) is 0 Å². The van der Waals surface area contributed by atoms with Gasteiger partial charge in [0.05, 0.1) is 11.6 Å². The summed E-state index contributed by atoms with van der Waals surface area (Å²) in [6.07, 6.45) is 0. The molecular weight excluding hydrogens is 154 g/mol. The Bertz CT molecular complexity index is 186. The van der Waals surface area contributed by atoms with Crippen molar-refractivity contribution >= 4 is 16.8 Å². The molecule has 2 heteroatoms. The number of hydrogen-bond acceptors (Lipinski definition) is 2. The van der Waals surface area contributed by atoms with Crippen LogP contribution in [-0.2, 0) is 0 Å². The molecule has 1 nitrogen and oxygen atoms in total. The van der Waals surface area contributed by atoms with Gasteiger partial charge in [0, 0.05) is 10.2 Å². The van der Waals surface area contributed by atoms with Gasteiger partial charge in [-0.3, -0.25) is 4.99 Å². The minimum absolute atomic E-state index is 0.248. The second-order valence-electron chi connectivity index (χ2n) is 4.73. The van der Waals surface area contributed by atoms with Crippen molar-refractivity contribution in [2.75, 3.05) is 6.54 Å². The van der Waals surface area contributed by atoms with E-state index in [2.05, 4.69) is 39.6 Å². The van der Waals surface area contributed by atoms with Crippen molar-refractivity contribution in [1.29, 1.82) is 0 Å². The molecule has 0 unspecified atom stereocenters. The van der Waals surface area contributed by atoms with E-state index in [1.165, 1.54) is 5.04 Å². The Morgan fingerprint density at radius 1 is 1.36 bits per heavy atom. The lowest BCUT2D eigenvalue weighted by atomic mass is 9.99. The van der Waals surface area contributed by atoms with Crippen molar-refractivity contribution in [3.63, 3.8) is 0 Å². The molecule has 0 saturated heterocycles. The lowest BCUT2D eigenvalue weighted by Gasteiger charge is -2.21. The van der Waals surface area contributed by atoms with Gasteiger partial charge in [-0.1, -0.05) is 20.8 Å². The summed E-state index contributed by atoms with van der Waals surface area (Å²) in [5.74, 6) is 0. The van der Waals surface area contributed by atoms with Gasteiger partial charge < -0.3 is 0 Å². The molecule has 0 amide bonds. The first-order valence-electron chi connectivity index (χ1n) is 4.05. The molecule has 0 saturated carbocycles.